The van der Waals surface area contributed by atoms with Gasteiger partial charge < -0.3 is 24.2 Å². The van der Waals surface area contributed by atoms with Crippen LogP contribution in [0.5, 0.6) is 0 Å². The number of aliphatic carboxylic acids is 1. The maximum atomic E-state index is 14.3. The van der Waals surface area contributed by atoms with E-state index in [9.17, 15) is 19.5 Å². The predicted octanol–water partition coefficient (Wildman–Crippen LogP) is 5.07. The van der Waals surface area contributed by atoms with Crippen molar-refractivity contribution in [3.63, 3.8) is 0 Å². The van der Waals surface area contributed by atoms with Crippen LogP contribution in [0.2, 0.25) is 0 Å². The van der Waals surface area contributed by atoms with Gasteiger partial charge in [0.15, 0.2) is 0 Å². The highest BCUT2D eigenvalue weighted by atomic mass is 16.6. The first-order valence-corrected chi connectivity index (χ1v) is 13.7. The summed E-state index contributed by atoms with van der Waals surface area (Å²) in [5, 5.41) is 10.9. The molecule has 2 saturated heterocycles. The molecule has 1 aromatic carbocycles. The van der Waals surface area contributed by atoms with E-state index in [-0.39, 0.29) is 18.9 Å². The number of likely N-dealkylation sites (tertiary alicyclic amines) is 1. The van der Waals surface area contributed by atoms with Crippen LogP contribution in [0.15, 0.2) is 24.3 Å². The molecule has 2 aliphatic rings. The van der Waals surface area contributed by atoms with E-state index in [0.717, 1.165) is 24.0 Å². The molecule has 1 amide bonds. The van der Waals surface area contributed by atoms with Gasteiger partial charge in [-0.3, -0.25) is 4.79 Å². The average molecular weight is 532 g/mol. The van der Waals surface area contributed by atoms with Gasteiger partial charge in [0.2, 0.25) is 0 Å². The van der Waals surface area contributed by atoms with Crippen molar-refractivity contribution in [2.45, 2.75) is 110 Å². The zero-order chi connectivity index (χ0) is 28.5. The first kappa shape index (κ1) is 30.1. The summed E-state index contributed by atoms with van der Waals surface area (Å²) in [4.78, 5) is 42.0. The summed E-state index contributed by atoms with van der Waals surface area (Å²) < 4.78 is 17.8. The Balaban J connectivity index is 2.23. The number of carboxylic acid groups (broad SMARTS) is 1. The number of hydrogen-bond acceptors (Lipinski definition) is 6. The van der Waals surface area contributed by atoms with E-state index in [1.807, 2.05) is 52.0 Å². The molecule has 0 aliphatic carbocycles. The Hall–Kier alpha value is -2.45. The van der Waals surface area contributed by atoms with Gasteiger partial charge in [0.25, 0.3) is 5.91 Å². The van der Waals surface area contributed by atoms with Gasteiger partial charge in [-0.1, -0.05) is 52.0 Å². The van der Waals surface area contributed by atoms with E-state index in [0.29, 0.717) is 13.0 Å². The summed E-state index contributed by atoms with van der Waals surface area (Å²) >= 11 is 0. The zero-order valence-electron chi connectivity index (χ0n) is 24.2. The molecule has 0 spiro atoms. The molecule has 0 bridgehead atoms. The van der Waals surface area contributed by atoms with E-state index < -0.39 is 52.7 Å². The van der Waals surface area contributed by atoms with Crippen LogP contribution in [-0.2, 0) is 28.6 Å². The molecule has 1 unspecified atom stereocenters. The molecule has 2 heterocycles. The van der Waals surface area contributed by atoms with Crippen molar-refractivity contribution in [3.05, 3.63) is 35.4 Å². The van der Waals surface area contributed by atoms with Crippen molar-refractivity contribution in [1.29, 1.82) is 0 Å². The van der Waals surface area contributed by atoms with Crippen LogP contribution in [0.25, 0.3) is 0 Å². The average Bonchev–Trinajstić information content (AvgIpc) is 3.13. The van der Waals surface area contributed by atoms with Crippen LogP contribution >= 0.6 is 0 Å². The topological polar surface area (TPSA) is 102 Å². The van der Waals surface area contributed by atoms with Gasteiger partial charge in [-0.25, -0.2) is 9.59 Å². The van der Waals surface area contributed by atoms with Gasteiger partial charge in [-0.2, -0.15) is 0 Å². The number of amides is 1. The first-order chi connectivity index (χ1) is 17.6. The predicted molar refractivity (Wildman–Crippen MR) is 144 cm³/mol. The summed E-state index contributed by atoms with van der Waals surface area (Å²) in [5.74, 6) is -2.57. The Bertz CT molecular complexity index is 1020. The highest BCUT2D eigenvalue weighted by molar-refractivity contribution is 5.91. The van der Waals surface area contributed by atoms with E-state index in [1.54, 1.807) is 32.6 Å². The van der Waals surface area contributed by atoms with Gasteiger partial charge in [0.05, 0.1) is 12.1 Å². The number of benzene rings is 1. The molecule has 1 aromatic rings. The largest absolute Gasteiger partial charge is 0.479 e. The normalized spacial score (nSPS) is 28.3. The van der Waals surface area contributed by atoms with Crippen molar-refractivity contribution < 1.29 is 33.7 Å². The molecule has 0 saturated carbocycles. The molecular formula is C30H45NO7. The third kappa shape index (κ3) is 5.91. The second-order valence-corrected chi connectivity index (χ2v) is 12.7. The minimum absolute atomic E-state index is 0.178. The van der Waals surface area contributed by atoms with E-state index in [1.165, 1.54) is 0 Å². The summed E-state index contributed by atoms with van der Waals surface area (Å²) in [5.41, 5.74) is -1.13. The van der Waals surface area contributed by atoms with E-state index in [2.05, 4.69) is 0 Å². The Morgan fingerprint density at radius 1 is 1.11 bits per heavy atom. The van der Waals surface area contributed by atoms with E-state index >= 15 is 0 Å². The monoisotopic (exact) mass is 531 g/mol. The van der Waals surface area contributed by atoms with Gasteiger partial charge >= 0.3 is 11.9 Å². The van der Waals surface area contributed by atoms with Gasteiger partial charge in [-0.05, 0) is 69.9 Å². The molecule has 2 fully saturated rings. The van der Waals surface area contributed by atoms with Crippen molar-refractivity contribution in [3.8, 4) is 0 Å². The third-order valence-corrected chi connectivity index (χ3v) is 7.72. The number of ether oxygens (including phenoxy) is 3. The fourth-order valence-corrected chi connectivity index (χ4v) is 6.37. The Labute approximate surface area is 227 Å². The molecular weight excluding hydrogens is 486 g/mol. The van der Waals surface area contributed by atoms with Crippen LogP contribution in [0.4, 0.5) is 0 Å². The van der Waals surface area contributed by atoms with Gasteiger partial charge in [0, 0.05) is 12.5 Å². The molecule has 0 radical (unpaired) electrons. The van der Waals surface area contributed by atoms with Gasteiger partial charge in [0.1, 0.15) is 23.9 Å². The molecule has 3 rings (SSSR count). The maximum absolute atomic E-state index is 14.3. The highest BCUT2D eigenvalue weighted by Gasteiger charge is 2.68. The highest BCUT2D eigenvalue weighted by Crippen LogP contribution is 2.57. The van der Waals surface area contributed by atoms with Crippen LogP contribution in [-0.4, -0.2) is 64.4 Å². The van der Waals surface area contributed by atoms with Crippen LogP contribution in [0.3, 0.4) is 0 Å². The number of carboxylic acids is 1. The number of aryl methyl sites for hydroxylation is 1. The molecule has 1 N–H and O–H groups in total. The van der Waals surface area contributed by atoms with Crippen molar-refractivity contribution in [2.75, 3.05) is 13.2 Å². The molecule has 5 atom stereocenters. The fraction of sp³-hybridized carbons (Fsp3) is 0.700. The number of hydrogen-bond donors (Lipinski definition) is 1. The van der Waals surface area contributed by atoms with Crippen molar-refractivity contribution in [2.24, 2.45) is 11.3 Å². The zero-order valence-corrected chi connectivity index (χ0v) is 24.2. The Morgan fingerprint density at radius 3 is 2.26 bits per heavy atom. The molecule has 8 heteroatoms. The Morgan fingerprint density at radius 2 is 1.76 bits per heavy atom. The minimum Gasteiger partial charge on any atom is -0.479 e. The summed E-state index contributed by atoms with van der Waals surface area (Å²) in [7, 11) is 0. The number of nitrogens with zero attached hydrogens (tertiary/aromatic N) is 1. The van der Waals surface area contributed by atoms with E-state index in [4.69, 9.17) is 14.2 Å². The summed E-state index contributed by atoms with van der Waals surface area (Å²) in [6.07, 6.45) is 0.941. The van der Waals surface area contributed by atoms with Crippen LogP contribution < -0.4 is 0 Å². The number of carbonyl (C=O) groups is 3. The lowest BCUT2D eigenvalue weighted by molar-refractivity contribution is -0.170. The molecule has 38 heavy (non-hydrogen) atoms. The van der Waals surface area contributed by atoms with Crippen LogP contribution in [0, 0.1) is 18.3 Å². The summed E-state index contributed by atoms with van der Waals surface area (Å²) in [6.45, 7) is 15.1. The lowest BCUT2D eigenvalue weighted by atomic mass is 9.66. The third-order valence-electron chi connectivity index (χ3n) is 7.72. The second kappa shape index (κ2) is 11.3. The summed E-state index contributed by atoms with van der Waals surface area (Å²) in [6, 6.07) is 6.92. The SMILES string of the molecule is CC[C@@]1(C(=O)O)[C@@H](C(C)(C)C)[C@H](OCC(=O)OC(C)(C)C)[C@H](c2ccccc2C)N1C(=O)C1CCCCO1. The number of rotatable bonds is 7. The second-order valence-electron chi connectivity index (χ2n) is 12.7. The molecule has 8 nitrogen and oxygen atoms in total. The molecule has 2 aliphatic heterocycles. The van der Waals surface area contributed by atoms with Crippen molar-refractivity contribution in [1.82, 2.24) is 4.90 Å². The quantitative estimate of drug-likeness (QED) is 0.490. The lowest BCUT2D eigenvalue weighted by Gasteiger charge is -2.45. The van der Waals surface area contributed by atoms with Gasteiger partial charge in [-0.15, -0.1) is 0 Å². The number of carbonyl (C=O) groups excluding carboxylic acids is 2. The smallest absolute Gasteiger partial charge is 0.332 e. The fourth-order valence-electron chi connectivity index (χ4n) is 6.37. The molecule has 212 valence electrons. The first-order valence-electron chi connectivity index (χ1n) is 13.7. The lowest BCUT2D eigenvalue weighted by Crippen LogP contribution is -2.61. The van der Waals surface area contributed by atoms with Crippen LogP contribution in [0.1, 0.15) is 91.3 Å². The molecule has 0 aromatic heterocycles. The standard InChI is InChI=1S/C30H45NO7/c1-9-30(27(34)35)25(28(3,4)5)24(37-18-22(32)38-29(6,7)8)23(20-15-11-10-14-19(20)2)31(30)26(33)21-16-12-13-17-36-21/h10-11,14-15,21,23-25H,9,12-13,16-18H2,1-8H3,(H,34,35)/t21?,23-,24+,25+,30-/m0/s1. The van der Waals surface area contributed by atoms with Crippen molar-refractivity contribution >= 4 is 17.8 Å². The number of esters is 1. The maximum Gasteiger partial charge on any atom is 0.332 e. The minimum atomic E-state index is -1.57. The Kier molecular flexibility index (Phi) is 8.98.